The summed E-state index contributed by atoms with van der Waals surface area (Å²) in [6.45, 7) is 4.21. The van der Waals surface area contributed by atoms with Gasteiger partial charge in [-0.05, 0) is 26.2 Å². The zero-order valence-electron chi connectivity index (χ0n) is 10.4. The monoisotopic (exact) mass is 237 g/mol. The standard InChI is InChI=1S/C12H19N3O2/c1-3-5-9-10(12(16)17-4-2)14-15(11(9)13)8-6-7-8/h8H,3-7,13H2,1-2H3. The maximum absolute atomic E-state index is 11.8. The second-order valence-electron chi connectivity index (χ2n) is 4.36. The number of nitrogens with two attached hydrogens (primary N) is 1. The highest BCUT2D eigenvalue weighted by molar-refractivity contribution is 5.90. The predicted octanol–water partition coefficient (Wildman–Crippen LogP) is 1.93. The summed E-state index contributed by atoms with van der Waals surface area (Å²) >= 11 is 0. The van der Waals surface area contributed by atoms with Gasteiger partial charge >= 0.3 is 5.97 Å². The van der Waals surface area contributed by atoms with Crippen LogP contribution in [0.4, 0.5) is 5.82 Å². The molecule has 1 aromatic rings. The molecule has 5 heteroatoms. The van der Waals surface area contributed by atoms with Gasteiger partial charge in [-0.3, -0.25) is 0 Å². The van der Waals surface area contributed by atoms with Crippen molar-refractivity contribution in [2.45, 2.75) is 45.6 Å². The summed E-state index contributed by atoms with van der Waals surface area (Å²) < 4.78 is 6.80. The summed E-state index contributed by atoms with van der Waals surface area (Å²) in [7, 11) is 0. The summed E-state index contributed by atoms with van der Waals surface area (Å²) in [6, 6.07) is 0.383. The number of carbonyl (C=O) groups excluding carboxylic acids is 1. The first-order valence-electron chi connectivity index (χ1n) is 6.23. The fourth-order valence-electron chi connectivity index (χ4n) is 1.94. The maximum Gasteiger partial charge on any atom is 0.359 e. The molecule has 0 saturated heterocycles. The Bertz CT molecular complexity index is 422. The molecule has 1 saturated carbocycles. The van der Waals surface area contributed by atoms with Crippen molar-refractivity contribution in [2.75, 3.05) is 12.3 Å². The summed E-state index contributed by atoms with van der Waals surface area (Å²) in [5.74, 6) is 0.277. The Morgan fingerprint density at radius 1 is 1.53 bits per heavy atom. The highest BCUT2D eigenvalue weighted by Gasteiger charge is 2.30. The summed E-state index contributed by atoms with van der Waals surface area (Å²) in [4.78, 5) is 11.8. The Labute approximate surface area is 101 Å². The molecule has 1 aromatic heterocycles. The second kappa shape index (κ2) is 4.77. The van der Waals surface area contributed by atoms with Gasteiger partial charge in [-0.25, -0.2) is 9.48 Å². The van der Waals surface area contributed by atoms with Gasteiger partial charge in [0.25, 0.3) is 0 Å². The first kappa shape index (κ1) is 12.0. The lowest BCUT2D eigenvalue weighted by Gasteiger charge is -2.02. The summed E-state index contributed by atoms with van der Waals surface area (Å²) in [5.41, 5.74) is 7.30. The van der Waals surface area contributed by atoms with E-state index in [-0.39, 0.29) is 5.97 Å². The van der Waals surface area contributed by atoms with E-state index in [2.05, 4.69) is 12.0 Å². The minimum atomic E-state index is -0.359. The van der Waals surface area contributed by atoms with Crippen LogP contribution >= 0.6 is 0 Å². The topological polar surface area (TPSA) is 70.1 Å². The van der Waals surface area contributed by atoms with Crippen LogP contribution in [0.3, 0.4) is 0 Å². The van der Waals surface area contributed by atoms with E-state index in [0.717, 1.165) is 31.2 Å². The molecule has 94 valence electrons. The minimum absolute atomic E-state index is 0.359. The molecule has 0 spiro atoms. The number of esters is 1. The van der Waals surface area contributed by atoms with Crippen molar-refractivity contribution < 1.29 is 9.53 Å². The number of nitrogens with zero attached hydrogens (tertiary/aromatic N) is 2. The molecule has 0 aromatic carbocycles. The van der Waals surface area contributed by atoms with E-state index in [0.29, 0.717) is 24.2 Å². The number of hydrogen-bond donors (Lipinski definition) is 1. The molecule has 1 aliphatic rings. The quantitative estimate of drug-likeness (QED) is 0.794. The molecule has 2 N–H and O–H groups in total. The van der Waals surface area contributed by atoms with E-state index >= 15 is 0 Å². The van der Waals surface area contributed by atoms with E-state index < -0.39 is 0 Å². The average molecular weight is 237 g/mol. The number of hydrogen-bond acceptors (Lipinski definition) is 4. The molecular weight excluding hydrogens is 218 g/mol. The van der Waals surface area contributed by atoms with Crippen LogP contribution in [0.5, 0.6) is 0 Å². The molecule has 0 amide bonds. The Morgan fingerprint density at radius 3 is 2.76 bits per heavy atom. The lowest BCUT2D eigenvalue weighted by molar-refractivity contribution is 0.0517. The van der Waals surface area contributed by atoms with Crippen LogP contribution < -0.4 is 5.73 Å². The van der Waals surface area contributed by atoms with Crippen LogP contribution in [0.15, 0.2) is 0 Å². The Kier molecular flexibility index (Phi) is 3.36. The molecular formula is C12H19N3O2. The zero-order valence-corrected chi connectivity index (χ0v) is 10.4. The van der Waals surface area contributed by atoms with Crippen LogP contribution in [-0.4, -0.2) is 22.4 Å². The van der Waals surface area contributed by atoms with E-state index in [1.54, 1.807) is 11.6 Å². The molecule has 2 rings (SSSR count). The van der Waals surface area contributed by atoms with Crippen LogP contribution in [-0.2, 0) is 11.2 Å². The molecule has 0 radical (unpaired) electrons. The lowest BCUT2D eigenvalue weighted by Crippen LogP contribution is -2.08. The van der Waals surface area contributed by atoms with Crippen molar-refractivity contribution in [3.8, 4) is 0 Å². The van der Waals surface area contributed by atoms with Gasteiger partial charge in [-0.1, -0.05) is 13.3 Å². The first-order chi connectivity index (χ1) is 8.19. The number of anilines is 1. The van der Waals surface area contributed by atoms with Gasteiger partial charge in [0, 0.05) is 5.56 Å². The Morgan fingerprint density at radius 2 is 2.24 bits per heavy atom. The van der Waals surface area contributed by atoms with Crippen LogP contribution in [0.2, 0.25) is 0 Å². The molecule has 5 nitrogen and oxygen atoms in total. The van der Waals surface area contributed by atoms with Crippen molar-refractivity contribution in [1.82, 2.24) is 9.78 Å². The van der Waals surface area contributed by atoms with Crippen LogP contribution in [0.1, 0.15) is 55.2 Å². The van der Waals surface area contributed by atoms with E-state index in [9.17, 15) is 4.79 Å². The predicted molar refractivity (Wildman–Crippen MR) is 64.9 cm³/mol. The fourth-order valence-corrected chi connectivity index (χ4v) is 1.94. The van der Waals surface area contributed by atoms with Gasteiger partial charge in [-0.2, -0.15) is 5.10 Å². The summed E-state index contributed by atoms with van der Waals surface area (Å²) in [5, 5.41) is 4.33. The van der Waals surface area contributed by atoms with Gasteiger partial charge in [0.2, 0.25) is 0 Å². The van der Waals surface area contributed by atoms with E-state index in [4.69, 9.17) is 10.5 Å². The number of aromatic nitrogens is 2. The number of ether oxygens (including phenoxy) is 1. The van der Waals surface area contributed by atoms with Gasteiger partial charge in [0.1, 0.15) is 5.82 Å². The van der Waals surface area contributed by atoms with Crippen molar-refractivity contribution in [2.24, 2.45) is 0 Å². The average Bonchev–Trinajstić information content (AvgIpc) is 3.08. The van der Waals surface area contributed by atoms with Crippen molar-refractivity contribution in [3.05, 3.63) is 11.3 Å². The van der Waals surface area contributed by atoms with Crippen LogP contribution in [0.25, 0.3) is 0 Å². The molecule has 1 aliphatic carbocycles. The second-order valence-corrected chi connectivity index (χ2v) is 4.36. The van der Waals surface area contributed by atoms with Gasteiger partial charge in [0.15, 0.2) is 5.69 Å². The molecule has 0 bridgehead atoms. The van der Waals surface area contributed by atoms with Crippen molar-refractivity contribution in [1.29, 1.82) is 0 Å². The maximum atomic E-state index is 11.8. The normalized spacial score (nSPS) is 14.9. The number of nitrogen functional groups attached to an aromatic ring is 1. The third-order valence-electron chi connectivity index (χ3n) is 2.91. The molecule has 1 fully saturated rings. The molecule has 1 heterocycles. The largest absolute Gasteiger partial charge is 0.461 e. The van der Waals surface area contributed by atoms with E-state index in [1.807, 2.05) is 0 Å². The highest BCUT2D eigenvalue weighted by atomic mass is 16.5. The highest BCUT2D eigenvalue weighted by Crippen LogP contribution is 2.38. The van der Waals surface area contributed by atoms with Crippen molar-refractivity contribution >= 4 is 11.8 Å². The zero-order chi connectivity index (χ0) is 12.4. The van der Waals surface area contributed by atoms with Gasteiger partial charge < -0.3 is 10.5 Å². The minimum Gasteiger partial charge on any atom is -0.461 e. The van der Waals surface area contributed by atoms with Gasteiger partial charge in [0.05, 0.1) is 12.6 Å². The number of carbonyl (C=O) groups is 1. The van der Waals surface area contributed by atoms with Crippen molar-refractivity contribution in [3.63, 3.8) is 0 Å². The lowest BCUT2D eigenvalue weighted by atomic mass is 10.1. The Balaban J connectivity index is 2.34. The molecule has 17 heavy (non-hydrogen) atoms. The Hall–Kier alpha value is -1.52. The molecule has 0 atom stereocenters. The smallest absolute Gasteiger partial charge is 0.359 e. The van der Waals surface area contributed by atoms with E-state index in [1.165, 1.54) is 0 Å². The fraction of sp³-hybridized carbons (Fsp3) is 0.667. The SMILES string of the molecule is CCCc1c(C(=O)OCC)nn(C2CC2)c1N. The third-order valence-corrected chi connectivity index (χ3v) is 2.91. The third kappa shape index (κ3) is 2.28. The first-order valence-corrected chi connectivity index (χ1v) is 6.23. The molecule has 0 unspecified atom stereocenters. The molecule has 0 aliphatic heterocycles. The van der Waals surface area contributed by atoms with Gasteiger partial charge in [-0.15, -0.1) is 0 Å². The van der Waals surface area contributed by atoms with Crippen LogP contribution in [0, 0.1) is 0 Å². The summed E-state index contributed by atoms with van der Waals surface area (Å²) in [6.07, 6.45) is 3.90. The number of rotatable bonds is 5.